The average molecular weight is 374 g/mol. The molecule has 4 heteroatoms. The second-order valence-electron chi connectivity index (χ2n) is 7.15. The van der Waals surface area contributed by atoms with Crippen molar-refractivity contribution < 1.29 is 9.53 Å². The Kier molecular flexibility index (Phi) is 5.78. The van der Waals surface area contributed by atoms with Crippen LogP contribution in [-0.2, 0) is 9.53 Å². The fourth-order valence-corrected chi connectivity index (χ4v) is 3.62. The van der Waals surface area contributed by atoms with Crippen molar-refractivity contribution in [3.05, 3.63) is 91.0 Å². The van der Waals surface area contributed by atoms with Gasteiger partial charge in [0.25, 0.3) is 0 Å². The molecule has 0 aromatic heterocycles. The van der Waals surface area contributed by atoms with E-state index < -0.39 is 5.54 Å². The van der Waals surface area contributed by atoms with Crippen LogP contribution in [0.2, 0.25) is 0 Å². The first-order valence-corrected chi connectivity index (χ1v) is 9.38. The predicted molar refractivity (Wildman–Crippen MR) is 115 cm³/mol. The Morgan fingerprint density at radius 2 is 1.75 bits per heavy atom. The monoisotopic (exact) mass is 374 g/mol. The molecule has 0 N–H and O–H groups in total. The minimum absolute atomic E-state index is 0.187. The third-order valence-electron chi connectivity index (χ3n) is 5.11. The lowest BCUT2D eigenvalue weighted by Crippen LogP contribution is -2.40. The normalized spacial score (nSPS) is 19.5. The zero-order chi connectivity index (χ0) is 20.1. The summed E-state index contributed by atoms with van der Waals surface area (Å²) in [6.45, 7) is 7.77. The zero-order valence-electron chi connectivity index (χ0n) is 16.5. The van der Waals surface area contributed by atoms with Crippen LogP contribution in [0.1, 0.15) is 29.9 Å². The topological polar surface area (TPSA) is 41.9 Å². The van der Waals surface area contributed by atoms with Gasteiger partial charge in [0.05, 0.1) is 0 Å². The first-order valence-electron chi connectivity index (χ1n) is 9.38. The Balaban J connectivity index is 2.08. The quantitative estimate of drug-likeness (QED) is 0.495. The van der Waals surface area contributed by atoms with Gasteiger partial charge in [-0.15, -0.1) is 13.2 Å². The summed E-state index contributed by atoms with van der Waals surface area (Å²) >= 11 is 0. The van der Waals surface area contributed by atoms with Gasteiger partial charge in [0.2, 0.25) is 5.90 Å². The van der Waals surface area contributed by atoms with Gasteiger partial charge >= 0.3 is 5.97 Å². The van der Waals surface area contributed by atoms with E-state index in [4.69, 9.17) is 9.73 Å². The second kappa shape index (κ2) is 8.26. The molecule has 0 unspecified atom stereocenters. The summed E-state index contributed by atoms with van der Waals surface area (Å²) in [5, 5.41) is 0. The van der Waals surface area contributed by atoms with Crippen molar-refractivity contribution >= 4 is 17.6 Å². The molecule has 1 aliphatic heterocycles. The highest BCUT2D eigenvalue weighted by molar-refractivity contribution is 6.08. The van der Waals surface area contributed by atoms with E-state index in [0.29, 0.717) is 18.7 Å². The molecule has 0 fully saturated rings. The fourth-order valence-electron chi connectivity index (χ4n) is 3.62. The molecule has 0 aliphatic carbocycles. The zero-order valence-corrected chi connectivity index (χ0v) is 16.5. The number of esters is 1. The maximum atomic E-state index is 13.1. The summed E-state index contributed by atoms with van der Waals surface area (Å²) in [5.74, 6) is -0.158. The van der Waals surface area contributed by atoms with Gasteiger partial charge < -0.3 is 9.64 Å². The highest BCUT2D eigenvalue weighted by Crippen LogP contribution is 2.42. The van der Waals surface area contributed by atoms with Crippen LogP contribution in [0.4, 0.5) is 5.69 Å². The standard InChI is InChI=1S/C24H26N2O2/c1-5-10-21(18-13-15-20(16-14-18)26(3)4)24(17-6-2)23(27)28-22(25-24)19-11-8-7-9-12-19/h5-9,11-16,21H,1-2,10,17H2,3-4H3/t21-,24+/m0/s1. The van der Waals surface area contributed by atoms with E-state index in [2.05, 4.69) is 37.4 Å². The van der Waals surface area contributed by atoms with Crippen LogP contribution in [-0.4, -0.2) is 31.5 Å². The molecule has 0 radical (unpaired) electrons. The van der Waals surface area contributed by atoms with Gasteiger partial charge in [-0.3, -0.25) is 0 Å². The molecule has 2 aromatic rings. The molecule has 0 amide bonds. The number of rotatable bonds is 8. The van der Waals surface area contributed by atoms with E-state index in [1.165, 1.54) is 0 Å². The minimum atomic E-state index is -1.04. The molecular formula is C24H26N2O2. The molecule has 4 nitrogen and oxygen atoms in total. The SMILES string of the molecule is C=CC[C@@H](c1ccc(N(C)C)cc1)[C@@]1(CC=C)N=C(c2ccccc2)OC1=O. The lowest BCUT2D eigenvalue weighted by atomic mass is 9.75. The number of carbonyl (C=O) groups is 1. The molecule has 1 heterocycles. The van der Waals surface area contributed by atoms with E-state index in [0.717, 1.165) is 16.8 Å². The Labute approximate surface area is 166 Å². The molecule has 0 saturated carbocycles. The first-order chi connectivity index (χ1) is 13.5. The summed E-state index contributed by atoms with van der Waals surface area (Å²) in [4.78, 5) is 20.0. The van der Waals surface area contributed by atoms with Crippen molar-refractivity contribution in [1.29, 1.82) is 0 Å². The number of ether oxygens (including phenoxy) is 1. The number of nitrogens with zero attached hydrogens (tertiary/aromatic N) is 2. The Morgan fingerprint density at radius 1 is 1.07 bits per heavy atom. The lowest BCUT2D eigenvalue weighted by Gasteiger charge is -2.31. The number of allylic oxidation sites excluding steroid dienone is 1. The van der Waals surface area contributed by atoms with E-state index in [1.54, 1.807) is 6.08 Å². The number of benzene rings is 2. The predicted octanol–water partition coefficient (Wildman–Crippen LogP) is 4.73. The van der Waals surface area contributed by atoms with Crippen molar-refractivity contribution in [3.63, 3.8) is 0 Å². The highest BCUT2D eigenvalue weighted by Gasteiger charge is 2.51. The summed E-state index contributed by atoms with van der Waals surface area (Å²) < 4.78 is 5.65. The van der Waals surface area contributed by atoms with Crippen LogP contribution in [0, 0.1) is 0 Å². The largest absolute Gasteiger partial charge is 0.405 e. The Hall–Kier alpha value is -3.14. The van der Waals surface area contributed by atoms with Gasteiger partial charge in [-0.25, -0.2) is 9.79 Å². The second-order valence-corrected chi connectivity index (χ2v) is 7.15. The summed E-state index contributed by atoms with van der Waals surface area (Å²) in [7, 11) is 4.00. The molecule has 2 atom stereocenters. The highest BCUT2D eigenvalue weighted by atomic mass is 16.6. The van der Waals surface area contributed by atoms with Crippen LogP contribution in [0.15, 0.2) is 84.9 Å². The van der Waals surface area contributed by atoms with E-state index >= 15 is 0 Å². The van der Waals surface area contributed by atoms with Crippen LogP contribution < -0.4 is 4.90 Å². The maximum Gasteiger partial charge on any atom is 0.341 e. The van der Waals surface area contributed by atoms with Gasteiger partial charge in [-0.1, -0.05) is 42.5 Å². The van der Waals surface area contributed by atoms with E-state index in [-0.39, 0.29) is 11.9 Å². The molecule has 2 aromatic carbocycles. The number of aliphatic imine (C=N–C) groups is 1. The molecule has 28 heavy (non-hydrogen) atoms. The number of hydrogen-bond donors (Lipinski definition) is 0. The van der Waals surface area contributed by atoms with Gasteiger partial charge in [0.1, 0.15) is 0 Å². The van der Waals surface area contributed by atoms with Gasteiger partial charge in [0.15, 0.2) is 5.54 Å². The average Bonchev–Trinajstić information content (AvgIpc) is 3.04. The van der Waals surface area contributed by atoms with Crippen molar-refractivity contribution in [2.24, 2.45) is 4.99 Å². The molecule has 3 rings (SSSR count). The molecular weight excluding hydrogens is 348 g/mol. The number of cyclic esters (lactones) is 1. The van der Waals surface area contributed by atoms with Crippen molar-refractivity contribution in [2.75, 3.05) is 19.0 Å². The smallest absolute Gasteiger partial charge is 0.341 e. The van der Waals surface area contributed by atoms with E-state index in [9.17, 15) is 4.79 Å². The van der Waals surface area contributed by atoms with Gasteiger partial charge in [-0.2, -0.15) is 0 Å². The third-order valence-corrected chi connectivity index (χ3v) is 5.11. The summed E-state index contributed by atoms with van der Waals surface area (Å²) in [6.07, 6.45) is 4.58. The number of carbonyl (C=O) groups excluding carboxylic acids is 1. The third kappa shape index (κ3) is 3.63. The number of hydrogen-bond acceptors (Lipinski definition) is 4. The van der Waals surface area contributed by atoms with Crippen molar-refractivity contribution in [3.8, 4) is 0 Å². The summed E-state index contributed by atoms with van der Waals surface area (Å²) in [6, 6.07) is 17.7. The first kappa shape index (κ1) is 19.6. The molecule has 0 saturated heterocycles. The van der Waals surface area contributed by atoms with Crippen LogP contribution in [0.5, 0.6) is 0 Å². The molecule has 0 spiro atoms. The van der Waals surface area contributed by atoms with E-state index in [1.807, 2.05) is 55.4 Å². The molecule has 144 valence electrons. The van der Waals surface area contributed by atoms with Crippen molar-refractivity contribution in [2.45, 2.75) is 24.3 Å². The fraction of sp³-hybridized carbons (Fsp3) is 0.250. The Morgan fingerprint density at radius 3 is 2.32 bits per heavy atom. The minimum Gasteiger partial charge on any atom is -0.405 e. The van der Waals surface area contributed by atoms with Crippen molar-refractivity contribution in [1.82, 2.24) is 0 Å². The van der Waals surface area contributed by atoms with Crippen LogP contribution in [0.3, 0.4) is 0 Å². The molecule has 1 aliphatic rings. The maximum absolute atomic E-state index is 13.1. The summed E-state index contributed by atoms with van der Waals surface area (Å²) in [5.41, 5.74) is 1.88. The van der Waals surface area contributed by atoms with Gasteiger partial charge in [0, 0.05) is 37.7 Å². The van der Waals surface area contributed by atoms with Gasteiger partial charge in [-0.05, 0) is 36.2 Å². The lowest BCUT2D eigenvalue weighted by molar-refractivity contribution is -0.139. The van der Waals surface area contributed by atoms with Crippen LogP contribution >= 0.6 is 0 Å². The molecule has 0 bridgehead atoms. The van der Waals surface area contributed by atoms with Crippen LogP contribution in [0.25, 0.3) is 0 Å². The Bertz CT molecular complexity index is 885. The number of anilines is 1.